The molecular formula is C12H13F6NO. The Labute approximate surface area is 111 Å². The molecule has 0 aliphatic carbocycles. The van der Waals surface area contributed by atoms with Crippen molar-refractivity contribution in [1.29, 1.82) is 0 Å². The number of hydrogen-bond donors (Lipinski definition) is 1. The fraction of sp³-hybridized carbons (Fsp3) is 0.500. The van der Waals surface area contributed by atoms with E-state index in [1.54, 1.807) is 0 Å². The van der Waals surface area contributed by atoms with Gasteiger partial charge in [-0.05, 0) is 18.6 Å². The molecule has 0 aromatic heterocycles. The molecule has 114 valence electrons. The van der Waals surface area contributed by atoms with Crippen molar-refractivity contribution in [2.75, 3.05) is 7.11 Å². The van der Waals surface area contributed by atoms with Crippen molar-refractivity contribution < 1.29 is 31.1 Å². The molecular weight excluding hydrogens is 288 g/mol. The van der Waals surface area contributed by atoms with Crippen LogP contribution in [0.15, 0.2) is 18.2 Å². The third-order valence-electron chi connectivity index (χ3n) is 2.70. The van der Waals surface area contributed by atoms with Crippen LogP contribution >= 0.6 is 0 Å². The first kappa shape index (κ1) is 16.6. The third-order valence-corrected chi connectivity index (χ3v) is 2.70. The second kappa shape index (κ2) is 5.90. The topological polar surface area (TPSA) is 35.2 Å². The van der Waals surface area contributed by atoms with E-state index in [2.05, 4.69) is 0 Å². The van der Waals surface area contributed by atoms with Gasteiger partial charge in [-0.2, -0.15) is 26.3 Å². The van der Waals surface area contributed by atoms with Gasteiger partial charge < -0.3 is 10.5 Å². The zero-order valence-corrected chi connectivity index (χ0v) is 10.5. The van der Waals surface area contributed by atoms with Gasteiger partial charge in [0.05, 0.1) is 12.7 Å². The van der Waals surface area contributed by atoms with Crippen molar-refractivity contribution in [3.63, 3.8) is 0 Å². The second-order valence-corrected chi connectivity index (χ2v) is 4.21. The maximum Gasteiger partial charge on any atom is 0.416 e. The fourth-order valence-electron chi connectivity index (χ4n) is 1.67. The van der Waals surface area contributed by atoms with E-state index in [1.165, 1.54) is 0 Å². The van der Waals surface area contributed by atoms with Gasteiger partial charge in [-0.1, -0.05) is 6.07 Å². The average molecular weight is 301 g/mol. The molecule has 0 spiro atoms. The zero-order chi connectivity index (χ0) is 15.6. The minimum atomic E-state index is -4.55. The lowest BCUT2D eigenvalue weighted by Gasteiger charge is -2.18. The molecule has 0 aliphatic heterocycles. The van der Waals surface area contributed by atoms with Crippen molar-refractivity contribution >= 4 is 0 Å². The summed E-state index contributed by atoms with van der Waals surface area (Å²) in [6.45, 7) is 0. The van der Waals surface area contributed by atoms with E-state index in [1.807, 2.05) is 0 Å². The third kappa shape index (κ3) is 4.59. The number of alkyl halides is 6. The molecule has 1 rings (SSSR count). The van der Waals surface area contributed by atoms with Crippen LogP contribution in [0, 0.1) is 0 Å². The Balaban J connectivity index is 2.95. The van der Waals surface area contributed by atoms with Gasteiger partial charge in [-0.15, -0.1) is 0 Å². The molecule has 0 aliphatic rings. The molecule has 0 saturated heterocycles. The van der Waals surface area contributed by atoms with Crippen molar-refractivity contribution in [2.45, 2.75) is 31.2 Å². The molecule has 1 aromatic carbocycles. The molecule has 0 saturated carbocycles. The highest BCUT2D eigenvalue weighted by Gasteiger charge is 2.32. The Morgan fingerprint density at radius 2 is 1.75 bits per heavy atom. The number of benzene rings is 1. The highest BCUT2D eigenvalue weighted by molar-refractivity contribution is 5.40. The van der Waals surface area contributed by atoms with Crippen LogP contribution in [-0.2, 0) is 6.18 Å². The number of hydrogen-bond acceptors (Lipinski definition) is 2. The predicted molar refractivity (Wildman–Crippen MR) is 60.2 cm³/mol. The van der Waals surface area contributed by atoms with Crippen LogP contribution in [0.3, 0.4) is 0 Å². The fourth-order valence-corrected chi connectivity index (χ4v) is 1.67. The Morgan fingerprint density at radius 3 is 2.20 bits per heavy atom. The number of ether oxygens (including phenoxy) is 1. The van der Waals surface area contributed by atoms with Crippen LogP contribution in [0.4, 0.5) is 26.3 Å². The van der Waals surface area contributed by atoms with Crippen molar-refractivity contribution in [2.24, 2.45) is 5.73 Å². The molecule has 1 atom stereocenters. The summed E-state index contributed by atoms with van der Waals surface area (Å²) in [5.41, 5.74) is 4.75. The van der Waals surface area contributed by atoms with Crippen LogP contribution in [0.5, 0.6) is 5.75 Å². The normalized spacial score (nSPS) is 14.2. The molecule has 0 fully saturated rings. The molecule has 0 unspecified atom stereocenters. The summed E-state index contributed by atoms with van der Waals surface area (Å²) in [6.07, 6.45) is -10.5. The number of methoxy groups -OCH3 is 1. The van der Waals surface area contributed by atoms with Gasteiger partial charge in [0.2, 0.25) is 0 Å². The van der Waals surface area contributed by atoms with E-state index in [0.29, 0.717) is 0 Å². The largest absolute Gasteiger partial charge is 0.496 e. The summed E-state index contributed by atoms with van der Waals surface area (Å²) < 4.78 is 78.6. The Bertz CT molecular complexity index is 454. The Kier molecular flexibility index (Phi) is 4.90. The van der Waals surface area contributed by atoms with Gasteiger partial charge in [-0.3, -0.25) is 0 Å². The molecule has 0 amide bonds. The van der Waals surface area contributed by atoms with Crippen LogP contribution in [0.1, 0.15) is 30.0 Å². The Hall–Kier alpha value is -1.44. The lowest BCUT2D eigenvalue weighted by molar-refractivity contribution is -0.137. The summed E-state index contributed by atoms with van der Waals surface area (Å²) in [5, 5.41) is 0. The summed E-state index contributed by atoms with van der Waals surface area (Å²) >= 11 is 0. The molecule has 2 N–H and O–H groups in total. The van der Waals surface area contributed by atoms with Crippen LogP contribution in [0.25, 0.3) is 0 Å². The van der Waals surface area contributed by atoms with Gasteiger partial charge in [0.1, 0.15) is 5.75 Å². The number of rotatable bonds is 4. The maximum absolute atomic E-state index is 12.5. The zero-order valence-electron chi connectivity index (χ0n) is 10.5. The van der Waals surface area contributed by atoms with Crippen LogP contribution in [0.2, 0.25) is 0 Å². The number of halogens is 6. The van der Waals surface area contributed by atoms with Gasteiger partial charge in [0.25, 0.3) is 0 Å². The molecule has 1 aromatic rings. The summed E-state index contributed by atoms with van der Waals surface area (Å²) in [4.78, 5) is 0. The number of nitrogens with two attached hydrogens (primary N) is 1. The second-order valence-electron chi connectivity index (χ2n) is 4.21. The first-order valence-electron chi connectivity index (χ1n) is 5.62. The van der Waals surface area contributed by atoms with Gasteiger partial charge >= 0.3 is 12.4 Å². The van der Waals surface area contributed by atoms with Crippen LogP contribution in [-0.4, -0.2) is 13.3 Å². The van der Waals surface area contributed by atoms with Gasteiger partial charge in [0.15, 0.2) is 0 Å². The van der Waals surface area contributed by atoms with Crippen molar-refractivity contribution in [3.8, 4) is 5.75 Å². The molecule has 20 heavy (non-hydrogen) atoms. The lowest BCUT2D eigenvalue weighted by atomic mass is 10.00. The molecule has 0 heterocycles. The van der Waals surface area contributed by atoms with Crippen LogP contribution < -0.4 is 10.5 Å². The first-order valence-corrected chi connectivity index (χ1v) is 5.62. The SMILES string of the molecule is COc1cc(C(F)(F)F)ccc1[C@H](N)CCC(F)(F)F. The maximum atomic E-state index is 12.5. The van der Waals surface area contributed by atoms with E-state index in [9.17, 15) is 26.3 Å². The quantitative estimate of drug-likeness (QED) is 0.851. The lowest BCUT2D eigenvalue weighted by Crippen LogP contribution is -2.17. The van der Waals surface area contributed by atoms with Gasteiger partial charge in [0, 0.05) is 18.0 Å². The molecule has 0 radical (unpaired) electrons. The summed E-state index contributed by atoms with van der Waals surface area (Å²) in [5.74, 6) is -0.172. The smallest absolute Gasteiger partial charge is 0.416 e. The highest BCUT2D eigenvalue weighted by atomic mass is 19.4. The predicted octanol–water partition coefficient (Wildman–Crippen LogP) is 4.06. The minimum absolute atomic E-state index is 0.116. The molecule has 8 heteroatoms. The molecule has 2 nitrogen and oxygen atoms in total. The van der Waals surface area contributed by atoms with E-state index in [0.717, 1.165) is 25.3 Å². The van der Waals surface area contributed by atoms with Crippen molar-refractivity contribution in [3.05, 3.63) is 29.3 Å². The van der Waals surface area contributed by atoms with E-state index in [4.69, 9.17) is 10.5 Å². The first-order chi connectivity index (χ1) is 9.04. The highest BCUT2D eigenvalue weighted by Crippen LogP contribution is 2.36. The monoisotopic (exact) mass is 301 g/mol. The standard InChI is InChI=1S/C12H13F6NO/c1-20-10-6-7(12(16,17)18)2-3-8(10)9(19)4-5-11(13,14)15/h2-3,6,9H,4-5,19H2,1H3/t9-/m1/s1. The summed E-state index contributed by atoms with van der Waals surface area (Å²) in [7, 11) is 1.13. The van der Waals surface area contributed by atoms with E-state index >= 15 is 0 Å². The Morgan fingerprint density at radius 1 is 1.15 bits per heavy atom. The summed E-state index contributed by atoms with van der Waals surface area (Å²) in [6, 6.07) is 1.49. The van der Waals surface area contributed by atoms with E-state index in [-0.39, 0.29) is 11.3 Å². The average Bonchev–Trinajstić information content (AvgIpc) is 2.33. The van der Waals surface area contributed by atoms with Crippen molar-refractivity contribution in [1.82, 2.24) is 0 Å². The molecule has 0 bridgehead atoms. The van der Waals surface area contributed by atoms with E-state index < -0.39 is 36.8 Å². The van der Waals surface area contributed by atoms with Gasteiger partial charge in [-0.25, -0.2) is 0 Å². The minimum Gasteiger partial charge on any atom is -0.496 e.